The molecule has 0 spiro atoms. The Kier molecular flexibility index (Phi) is 5.91. The van der Waals surface area contributed by atoms with E-state index >= 15 is 0 Å². The third-order valence-corrected chi connectivity index (χ3v) is 4.26. The van der Waals surface area contributed by atoms with Gasteiger partial charge in [0.1, 0.15) is 5.75 Å². The molecule has 2 aromatic carbocycles. The fraction of sp³-hybridized carbons (Fsp3) is 0.273. The number of anilines is 2. The van der Waals surface area contributed by atoms with E-state index in [2.05, 4.69) is 17.2 Å². The smallest absolute Gasteiger partial charge is 0.337 e. The Morgan fingerprint density at radius 1 is 1.11 bits per heavy atom. The quantitative estimate of drug-likeness (QED) is 0.458. The first kappa shape index (κ1) is 18.7. The van der Waals surface area contributed by atoms with Crippen molar-refractivity contribution in [2.24, 2.45) is 0 Å². The molecule has 0 unspecified atom stereocenters. The van der Waals surface area contributed by atoms with Crippen LogP contribution in [0.25, 0.3) is 10.9 Å². The largest absolute Gasteiger partial charge is 0.494 e. The Balaban J connectivity index is 1.88. The van der Waals surface area contributed by atoms with Crippen LogP contribution in [0.15, 0.2) is 48.5 Å². The van der Waals surface area contributed by atoms with E-state index in [1.807, 2.05) is 43.3 Å². The Morgan fingerprint density at radius 2 is 1.89 bits per heavy atom. The Bertz CT molecular complexity index is 936. The summed E-state index contributed by atoms with van der Waals surface area (Å²) in [6.45, 7) is 4.82. The predicted molar refractivity (Wildman–Crippen MR) is 108 cm³/mol. The molecule has 1 heterocycles. The number of aromatic nitrogens is 1. The van der Waals surface area contributed by atoms with E-state index in [4.69, 9.17) is 9.47 Å². The monoisotopic (exact) mass is 364 g/mol. The topological polar surface area (TPSA) is 60.5 Å². The molecule has 0 saturated carbocycles. The van der Waals surface area contributed by atoms with Crippen molar-refractivity contribution >= 4 is 28.2 Å². The summed E-state index contributed by atoms with van der Waals surface area (Å²) in [5.74, 6) is 0.495. The van der Waals surface area contributed by atoms with Gasteiger partial charge in [0.2, 0.25) is 0 Å². The van der Waals surface area contributed by atoms with Gasteiger partial charge in [-0.2, -0.15) is 0 Å². The molecule has 0 atom stereocenters. The predicted octanol–water partition coefficient (Wildman–Crippen LogP) is 5.25. The molecule has 5 heteroatoms. The summed E-state index contributed by atoms with van der Waals surface area (Å²) >= 11 is 0. The van der Waals surface area contributed by atoms with Crippen molar-refractivity contribution in [2.45, 2.75) is 26.7 Å². The molecule has 0 bridgehead atoms. The number of pyridine rings is 1. The Labute approximate surface area is 159 Å². The van der Waals surface area contributed by atoms with Crippen LogP contribution < -0.4 is 10.1 Å². The van der Waals surface area contributed by atoms with Crippen LogP contribution in [0, 0.1) is 6.92 Å². The number of esters is 1. The third kappa shape index (κ3) is 4.56. The molecule has 3 aromatic rings. The summed E-state index contributed by atoms with van der Waals surface area (Å²) in [5, 5.41) is 4.29. The van der Waals surface area contributed by atoms with Crippen LogP contribution in [0.5, 0.6) is 5.75 Å². The summed E-state index contributed by atoms with van der Waals surface area (Å²) in [6, 6.07) is 15.2. The van der Waals surface area contributed by atoms with Gasteiger partial charge >= 0.3 is 5.97 Å². The minimum Gasteiger partial charge on any atom is -0.494 e. The lowest BCUT2D eigenvalue weighted by atomic mass is 10.1. The summed E-state index contributed by atoms with van der Waals surface area (Å²) < 4.78 is 10.5. The minimum absolute atomic E-state index is 0.364. The molecule has 0 aliphatic heterocycles. The lowest BCUT2D eigenvalue weighted by molar-refractivity contribution is 0.0601. The SMILES string of the molecule is CCCCOc1ccc(Nc2cc(C)nc3ccc(C(=O)OC)cc23)cc1. The molecule has 0 radical (unpaired) electrons. The van der Waals surface area contributed by atoms with Crippen molar-refractivity contribution in [2.75, 3.05) is 19.0 Å². The van der Waals surface area contributed by atoms with Crippen LogP contribution >= 0.6 is 0 Å². The highest BCUT2D eigenvalue weighted by Gasteiger charge is 2.10. The van der Waals surface area contributed by atoms with Gasteiger partial charge < -0.3 is 14.8 Å². The number of carbonyl (C=O) groups excluding carboxylic acids is 1. The number of nitrogens with one attached hydrogen (secondary N) is 1. The number of rotatable bonds is 7. The van der Waals surface area contributed by atoms with E-state index < -0.39 is 0 Å². The van der Waals surface area contributed by atoms with E-state index in [0.717, 1.165) is 53.2 Å². The maximum Gasteiger partial charge on any atom is 0.337 e. The molecule has 0 saturated heterocycles. The van der Waals surface area contributed by atoms with Crippen molar-refractivity contribution in [3.8, 4) is 5.75 Å². The van der Waals surface area contributed by atoms with E-state index in [-0.39, 0.29) is 5.97 Å². The van der Waals surface area contributed by atoms with Gasteiger partial charge in [-0.25, -0.2) is 4.79 Å². The lowest BCUT2D eigenvalue weighted by Crippen LogP contribution is -2.02. The number of fused-ring (bicyclic) bond motifs is 1. The van der Waals surface area contributed by atoms with Gasteiger partial charge in [-0.1, -0.05) is 13.3 Å². The third-order valence-electron chi connectivity index (χ3n) is 4.26. The molecule has 3 rings (SSSR count). The summed E-state index contributed by atoms with van der Waals surface area (Å²) in [6.07, 6.45) is 2.16. The molecule has 0 aliphatic rings. The number of aryl methyl sites for hydroxylation is 1. The van der Waals surface area contributed by atoms with Gasteiger partial charge in [0.05, 0.1) is 24.8 Å². The first-order chi connectivity index (χ1) is 13.1. The zero-order valence-corrected chi connectivity index (χ0v) is 15.9. The van der Waals surface area contributed by atoms with Crippen LogP contribution in [0.1, 0.15) is 35.8 Å². The molecule has 1 aromatic heterocycles. The number of hydrogen-bond acceptors (Lipinski definition) is 5. The second-order valence-electron chi connectivity index (χ2n) is 6.39. The number of carbonyl (C=O) groups is 1. The van der Waals surface area contributed by atoms with Crippen molar-refractivity contribution < 1.29 is 14.3 Å². The Hall–Kier alpha value is -3.08. The molecule has 1 N–H and O–H groups in total. The fourth-order valence-electron chi connectivity index (χ4n) is 2.83. The molecule has 27 heavy (non-hydrogen) atoms. The number of methoxy groups -OCH3 is 1. The van der Waals surface area contributed by atoms with Gasteiger partial charge in [0.25, 0.3) is 0 Å². The zero-order chi connectivity index (χ0) is 19.2. The van der Waals surface area contributed by atoms with Gasteiger partial charge in [-0.05, 0) is 61.9 Å². The molecule has 0 amide bonds. The number of nitrogens with zero attached hydrogens (tertiary/aromatic N) is 1. The summed E-state index contributed by atoms with van der Waals surface area (Å²) in [4.78, 5) is 16.4. The van der Waals surface area contributed by atoms with Crippen molar-refractivity contribution in [1.29, 1.82) is 0 Å². The van der Waals surface area contributed by atoms with Crippen LogP contribution in [0.4, 0.5) is 11.4 Å². The standard InChI is InChI=1S/C22H24N2O3/c1-4-5-12-27-18-9-7-17(8-10-18)24-21-13-15(2)23-20-11-6-16(14-19(20)21)22(25)26-3/h6-11,13-14H,4-5,12H2,1-3H3,(H,23,24). The number of unbranched alkanes of at least 4 members (excludes halogenated alkanes) is 1. The molecule has 0 fully saturated rings. The second-order valence-corrected chi connectivity index (χ2v) is 6.39. The summed E-state index contributed by atoms with van der Waals surface area (Å²) in [7, 11) is 1.38. The highest BCUT2D eigenvalue weighted by molar-refractivity contribution is 5.99. The number of hydrogen-bond donors (Lipinski definition) is 1. The molecule has 140 valence electrons. The molecular formula is C22H24N2O3. The maximum absolute atomic E-state index is 11.9. The van der Waals surface area contributed by atoms with Gasteiger partial charge in [-0.15, -0.1) is 0 Å². The van der Waals surface area contributed by atoms with Crippen LogP contribution in [0.2, 0.25) is 0 Å². The van der Waals surface area contributed by atoms with Gasteiger partial charge in [0, 0.05) is 22.5 Å². The van der Waals surface area contributed by atoms with Crippen LogP contribution in [-0.4, -0.2) is 24.7 Å². The second kappa shape index (κ2) is 8.54. The summed E-state index contributed by atoms with van der Waals surface area (Å²) in [5.41, 5.74) is 4.05. The normalized spacial score (nSPS) is 10.6. The van der Waals surface area contributed by atoms with Crippen LogP contribution in [-0.2, 0) is 4.74 Å². The zero-order valence-electron chi connectivity index (χ0n) is 15.9. The lowest BCUT2D eigenvalue weighted by Gasteiger charge is -2.12. The molecular weight excluding hydrogens is 340 g/mol. The van der Waals surface area contributed by atoms with E-state index in [0.29, 0.717) is 5.56 Å². The highest BCUT2D eigenvalue weighted by atomic mass is 16.5. The number of ether oxygens (including phenoxy) is 2. The van der Waals surface area contributed by atoms with E-state index in [1.165, 1.54) is 7.11 Å². The highest BCUT2D eigenvalue weighted by Crippen LogP contribution is 2.28. The fourth-order valence-corrected chi connectivity index (χ4v) is 2.83. The first-order valence-corrected chi connectivity index (χ1v) is 9.10. The molecule has 5 nitrogen and oxygen atoms in total. The van der Waals surface area contributed by atoms with Gasteiger partial charge in [0.15, 0.2) is 0 Å². The molecule has 0 aliphatic carbocycles. The average molecular weight is 364 g/mol. The van der Waals surface area contributed by atoms with E-state index in [9.17, 15) is 4.79 Å². The van der Waals surface area contributed by atoms with E-state index in [1.54, 1.807) is 12.1 Å². The average Bonchev–Trinajstić information content (AvgIpc) is 2.68. The number of benzene rings is 2. The maximum atomic E-state index is 11.9. The van der Waals surface area contributed by atoms with Crippen LogP contribution in [0.3, 0.4) is 0 Å². The Morgan fingerprint density at radius 3 is 2.59 bits per heavy atom. The van der Waals surface area contributed by atoms with Crippen molar-refractivity contribution in [3.05, 3.63) is 59.8 Å². The van der Waals surface area contributed by atoms with Crippen molar-refractivity contribution in [1.82, 2.24) is 4.98 Å². The minimum atomic E-state index is -0.364. The van der Waals surface area contributed by atoms with Crippen molar-refractivity contribution in [3.63, 3.8) is 0 Å². The van der Waals surface area contributed by atoms with Gasteiger partial charge in [-0.3, -0.25) is 4.98 Å². The first-order valence-electron chi connectivity index (χ1n) is 9.10.